The van der Waals surface area contributed by atoms with E-state index in [4.69, 9.17) is 0 Å². The summed E-state index contributed by atoms with van der Waals surface area (Å²) in [7, 11) is 0. The molecule has 0 spiro atoms. The van der Waals surface area contributed by atoms with Gasteiger partial charge in [0.05, 0.1) is 0 Å². The zero-order valence-electron chi connectivity index (χ0n) is 14.0. The lowest BCUT2D eigenvalue weighted by Gasteiger charge is -2.57. The van der Waals surface area contributed by atoms with Gasteiger partial charge in [-0.1, -0.05) is 32.4 Å². The number of carbonyl (C=O) groups excluding carboxylic acids is 1. The molecule has 21 heavy (non-hydrogen) atoms. The fraction of sp³-hybridized carbons (Fsp3) is 0.850. The van der Waals surface area contributed by atoms with E-state index < -0.39 is 0 Å². The van der Waals surface area contributed by atoms with E-state index in [1.807, 2.05) is 0 Å². The third-order valence-corrected chi connectivity index (χ3v) is 8.41. The van der Waals surface area contributed by atoms with E-state index >= 15 is 0 Å². The molecule has 0 saturated heterocycles. The molecule has 1 unspecified atom stereocenters. The number of ketones is 1. The average molecular weight is 286 g/mol. The van der Waals surface area contributed by atoms with Crippen LogP contribution in [-0.4, -0.2) is 5.78 Å². The average Bonchev–Trinajstić information content (AvgIpc) is 2.76. The number of Topliss-reactive ketones (excluding diaryl/α,β-unsaturated/α-hetero) is 1. The molecule has 0 bridgehead atoms. The van der Waals surface area contributed by atoms with Crippen LogP contribution in [0.1, 0.15) is 72.1 Å². The van der Waals surface area contributed by atoms with Gasteiger partial charge in [0.25, 0.3) is 0 Å². The third kappa shape index (κ3) is 1.79. The molecule has 1 heteroatoms. The maximum Gasteiger partial charge on any atom is 0.136 e. The minimum atomic E-state index is 0.351. The topological polar surface area (TPSA) is 17.1 Å². The predicted octanol–water partition coefficient (Wildman–Crippen LogP) is 5.15. The van der Waals surface area contributed by atoms with Crippen molar-refractivity contribution in [2.24, 2.45) is 34.5 Å². The summed E-state index contributed by atoms with van der Waals surface area (Å²) in [5.74, 6) is 4.09. The molecule has 0 aliphatic heterocycles. The summed E-state index contributed by atoms with van der Waals surface area (Å²) in [5, 5.41) is 0. The fourth-order valence-corrected chi connectivity index (χ4v) is 6.74. The van der Waals surface area contributed by atoms with Gasteiger partial charge < -0.3 is 0 Å². The van der Waals surface area contributed by atoms with E-state index in [1.165, 1.54) is 37.7 Å². The molecule has 0 aromatic heterocycles. The standard InChI is InChI=1S/C20H30O/c1-13-4-7-17-16-6-5-14-12-15(21)8-10-20(14,3)18(16)9-11-19(13,17)2/h5,13,16-18H,4,6-12H2,1-3H3/t13?,16-,17-,18+,19+,20-/m0/s1. The Bertz CT molecular complexity index is 504. The van der Waals surface area contributed by atoms with Crippen LogP contribution in [0.3, 0.4) is 0 Å². The Hall–Kier alpha value is -0.590. The lowest BCUT2D eigenvalue weighted by Crippen LogP contribution is -2.49. The molecule has 0 amide bonds. The van der Waals surface area contributed by atoms with Gasteiger partial charge in [-0.25, -0.2) is 0 Å². The van der Waals surface area contributed by atoms with Crippen LogP contribution in [-0.2, 0) is 4.79 Å². The van der Waals surface area contributed by atoms with Gasteiger partial charge in [0, 0.05) is 12.8 Å². The summed E-state index contributed by atoms with van der Waals surface area (Å²) in [4.78, 5) is 11.9. The molecule has 0 N–H and O–H groups in total. The SMILES string of the molecule is CC1CC[C@H]2[C@@H]3CC=C4CC(=O)CC[C@]4(C)[C@@H]3CC[C@]12C. The fourth-order valence-electron chi connectivity index (χ4n) is 6.74. The first kappa shape index (κ1) is 14.0. The van der Waals surface area contributed by atoms with E-state index in [0.717, 1.165) is 42.9 Å². The molecule has 3 saturated carbocycles. The number of hydrogen-bond donors (Lipinski definition) is 0. The molecular formula is C20H30O. The Kier molecular flexibility index (Phi) is 2.98. The van der Waals surface area contributed by atoms with Gasteiger partial charge in [0.2, 0.25) is 0 Å². The lowest BCUT2D eigenvalue weighted by atomic mass is 9.47. The van der Waals surface area contributed by atoms with Gasteiger partial charge in [-0.2, -0.15) is 0 Å². The van der Waals surface area contributed by atoms with Gasteiger partial charge in [-0.3, -0.25) is 4.79 Å². The van der Waals surface area contributed by atoms with Crippen molar-refractivity contribution in [1.82, 2.24) is 0 Å². The van der Waals surface area contributed by atoms with Crippen LogP contribution in [0.5, 0.6) is 0 Å². The molecular weight excluding hydrogens is 256 g/mol. The van der Waals surface area contributed by atoms with Crippen molar-refractivity contribution < 1.29 is 4.79 Å². The molecule has 4 aliphatic carbocycles. The van der Waals surface area contributed by atoms with Gasteiger partial charge in [0.15, 0.2) is 0 Å². The van der Waals surface area contributed by atoms with Gasteiger partial charge in [0.1, 0.15) is 5.78 Å². The number of fused-ring (bicyclic) bond motifs is 5. The highest BCUT2D eigenvalue weighted by molar-refractivity contribution is 5.82. The van der Waals surface area contributed by atoms with E-state index in [-0.39, 0.29) is 0 Å². The van der Waals surface area contributed by atoms with Crippen LogP contribution in [0.4, 0.5) is 0 Å². The maximum absolute atomic E-state index is 11.9. The molecule has 3 fully saturated rings. The Morgan fingerprint density at radius 1 is 1.10 bits per heavy atom. The molecule has 4 rings (SSSR count). The Morgan fingerprint density at radius 2 is 1.90 bits per heavy atom. The van der Waals surface area contributed by atoms with E-state index in [1.54, 1.807) is 0 Å². The van der Waals surface area contributed by atoms with Crippen LogP contribution in [0.2, 0.25) is 0 Å². The first-order valence-corrected chi connectivity index (χ1v) is 9.16. The first-order chi connectivity index (χ1) is 9.95. The van der Waals surface area contributed by atoms with Crippen molar-refractivity contribution in [1.29, 1.82) is 0 Å². The quantitative estimate of drug-likeness (QED) is 0.562. The van der Waals surface area contributed by atoms with Gasteiger partial charge in [-0.05, 0) is 73.0 Å². The normalized spacial score (nSPS) is 52.7. The molecule has 0 aromatic rings. The smallest absolute Gasteiger partial charge is 0.136 e. The highest BCUT2D eigenvalue weighted by atomic mass is 16.1. The molecule has 6 atom stereocenters. The second-order valence-corrected chi connectivity index (χ2v) is 9.00. The number of rotatable bonds is 0. The summed E-state index contributed by atoms with van der Waals surface area (Å²) in [6.07, 6.45) is 12.2. The lowest BCUT2D eigenvalue weighted by molar-refractivity contribution is -0.122. The molecule has 1 nitrogen and oxygen atoms in total. The maximum atomic E-state index is 11.9. The Labute approximate surface area is 129 Å². The molecule has 0 heterocycles. The van der Waals surface area contributed by atoms with E-state index in [9.17, 15) is 4.79 Å². The van der Waals surface area contributed by atoms with E-state index in [2.05, 4.69) is 26.8 Å². The Morgan fingerprint density at radius 3 is 2.71 bits per heavy atom. The molecule has 116 valence electrons. The van der Waals surface area contributed by atoms with Crippen molar-refractivity contribution in [2.45, 2.75) is 72.1 Å². The number of allylic oxidation sites excluding steroid dienone is 2. The number of hydrogen-bond acceptors (Lipinski definition) is 1. The minimum Gasteiger partial charge on any atom is -0.299 e. The van der Waals surface area contributed by atoms with Crippen LogP contribution in [0.25, 0.3) is 0 Å². The van der Waals surface area contributed by atoms with Crippen LogP contribution < -0.4 is 0 Å². The van der Waals surface area contributed by atoms with E-state index in [0.29, 0.717) is 16.6 Å². The highest BCUT2D eigenvalue weighted by Crippen LogP contribution is 2.65. The zero-order chi connectivity index (χ0) is 14.8. The van der Waals surface area contributed by atoms with Gasteiger partial charge in [-0.15, -0.1) is 0 Å². The summed E-state index contributed by atoms with van der Waals surface area (Å²) < 4.78 is 0. The van der Waals surface area contributed by atoms with Crippen molar-refractivity contribution in [3.05, 3.63) is 11.6 Å². The minimum absolute atomic E-state index is 0.351. The first-order valence-electron chi connectivity index (χ1n) is 9.16. The molecule has 0 radical (unpaired) electrons. The Balaban J connectivity index is 1.69. The summed E-state index contributed by atoms with van der Waals surface area (Å²) >= 11 is 0. The summed E-state index contributed by atoms with van der Waals surface area (Å²) in [6, 6.07) is 0. The predicted molar refractivity (Wildman–Crippen MR) is 85.9 cm³/mol. The molecule has 4 aliphatic rings. The van der Waals surface area contributed by atoms with Crippen LogP contribution >= 0.6 is 0 Å². The van der Waals surface area contributed by atoms with Crippen molar-refractivity contribution in [2.75, 3.05) is 0 Å². The zero-order valence-corrected chi connectivity index (χ0v) is 14.0. The van der Waals surface area contributed by atoms with Crippen molar-refractivity contribution in [3.63, 3.8) is 0 Å². The summed E-state index contributed by atoms with van der Waals surface area (Å²) in [5.41, 5.74) is 2.46. The third-order valence-electron chi connectivity index (χ3n) is 8.41. The van der Waals surface area contributed by atoms with Gasteiger partial charge >= 0.3 is 0 Å². The second kappa shape index (κ2) is 4.46. The number of carbonyl (C=O) groups is 1. The van der Waals surface area contributed by atoms with Crippen LogP contribution in [0.15, 0.2) is 11.6 Å². The highest BCUT2D eigenvalue weighted by Gasteiger charge is 2.57. The molecule has 0 aromatic carbocycles. The second-order valence-electron chi connectivity index (χ2n) is 9.00. The van der Waals surface area contributed by atoms with Crippen LogP contribution in [0, 0.1) is 34.5 Å². The van der Waals surface area contributed by atoms with Crippen molar-refractivity contribution in [3.8, 4) is 0 Å². The largest absolute Gasteiger partial charge is 0.299 e. The van der Waals surface area contributed by atoms with Crippen molar-refractivity contribution >= 4 is 5.78 Å². The monoisotopic (exact) mass is 286 g/mol. The summed E-state index contributed by atoms with van der Waals surface area (Å²) in [6.45, 7) is 7.56.